The van der Waals surface area contributed by atoms with Gasteiger partial charge in [0.1, 0.15) is 20.8 Å². The number of hydrogen-bond donors (Lipinski definition) is 0. The summed E-state index contributed by atoms with van der Waals surface area (Å²) in [5.74, 6) is -0.721. The first-order chi connectivity index (χ1) is 16.5. The van der Waals surface area contributed by atoms with Crippen LogP contribution < -0.4 is 9.64 Å². The van der Waals surface area contributed by atoms with Crippen molar-refractivity contribution < 1.29 is 14.3 Å². The Morgan fingerprint density at radius 2 is 1.65 bits per heavy atom. The molecule has 1 saturated heterocycles. The Balaban J connectivity index is 1.38. The van der Waals surface area contributed by atoms with Gasteiger partial charge in [-0.1, -0.05) is 70.0 Å². The van der Waals surface area contributed by atoms with E-state index in [1.165, 1.54) is 27.0 Å². The molecule has 0 spiro atoms. The van der Waals surface area contributed by atoms with E-state index in [1.807, 2.05) is 0 Å². The van der Waals surface area contributed by atoms with Gasteiger partial charge in [0.25, 0.3) is 16.6 Å². The molecule has 4 aliphatic heterocycles. The molecule has 0 atom stereocenters. The van der Waals surface area contributed by atoms with Gasteiger partial charge in [-0.15, -0.1) is 0 Å². The number of nitrogens with zero attached hydrogens (tertiary/aromatic N) is 3. The zero-order chi connectivity index (χ0) is 23.4. The van der Waals surface area contributed by atoms with Gasteiger partial charge in [-0.05, 0) is 22.5 Å². The van der Waals surface area contributed by atoms with Gasteiger partial charge in [-0.25, -0.2) is 0 Å². The first-order valence-electron chi connectivity index (χ1n) is 10.2. The van der Waals surface area contributed by atoms with Crippen molar-refractivity contribution in [3.8, 4) is 0 Å². The predicted molar refractivity (Wildman–Crippen MR) is 144 cm³/mol. The third-order valence-corrected chi connectivity index (χ3v) is 12.0. The Bertz CT molecular complexity index is 1320. The molecule has 2 aromatic rings. The maximum Gasteiger partial charge on any atom is 0.267 e. The molecule has 1 aromatic heterocycles. The molecule has 4 aliphatic rings. The summed E-state index contributed by atoms with van der Waals surface area (Å²) < 4.78 is 7.74. The molecule has 7 nitrogen and oxygen atoms in total. The lowest BCUT2D eigenvalue weighted by Gasteiger charge is -2.34. The van der Waals surface area contributed by atoms with Gasteiger partial charge >= 0.3 is 0 Å². The van der Waals surface area contributed by atoms with Crippen LogP contribution in [0, 0.1) is 0 Å². The maximum atomic E-state index is 13.1. The highest BCUT2D eigenvalue weighted by atomic mass is 32.9. The minimum atomic E-state index is -0.360. The first-order valence-corrected chi connectivity index (χ1v) is 15.3. The fraction of sp³-hybridized carbons (Fsp3) is 0.238. The normalized spacial score (nSPS) is 22.4. The number of thiocarbonyl (C=S) groups is 1. The number of carbonyl (C=O) groups excluding carboxylic acids is 2. The van der Waals surface area contributed by atoms with Crippen LogP contribution in [0.5, 0.6) is 0 Å². The number of carbonyl (C=O) groups is 2. The Morgan fingerprint density at radius 1 is 0.941 bits per heavy atom. The van der Waals surface area contributed by atoms with E-state index in [2.05, 4.69) is 10.3 Å². The van der Waals surface area contributed by atoms with E-state index in [0.717, 1.165) is 36.9 Å². The average Bonchev–Trinajstić information content (AvgIpc) is 3.54. The first kappa shape index (κ1) is 22.8. The predicted octanol–water partition coefficient (Wildman–Crippen LogP) is 4.44. The molecule has 174 valence electrons. The lowest BCUT2D eigenvalue weighted by Crippen LogP contribution is -2.44. The summed E-state index contributed by atoms with van der Waals surface area (Å²) >= 11 is 10.4. The van der Waals surface area contributed by atoms with E-state index < -0.39 is 0 Å². The van der Waals surface area contributed by atoms with Gasteiger partial charge in [0.15, 0.2) is 0 Å². The van der Waals surface area contributed by atoms with Crippen LogP contribution in [0.3, 0.4) is 0 Å². The van der Waals surface area contributed by atoms with Gasteiger partial charge in [0.05, 0.1) is 39.3 Å². The smallest absolute Gasteiger partial charge is 0.267 e. The third kappa shape index (κ3) is 3.77. The second-order valence-corrected chi connectivity index (χ2v) is 13.8. The Hall–Kier alpha value is -1.61. The lowest BCUT2D eigenvalue weighted by molar-refractivity contribution is 0.0578. The van der Waals surface area contributed by atoms with Crippen molar-refractivity contribution in [3.05, 3.63) is 65.3 Å². The average molecular weight is 566 g/mol. The van der Waals surface area contributed by atoms with Crippen LogP contribution in [-0.4, -0.2) is 58.8 Å². The second kappa shape index (κ2) is 9.12. The van der Waals surface area contributed by atoms with Crippen LogP contribution >= 0.6 is 68.2 Å². The molecule has 13 heteroatoms. The minimum absolute atomic E-state index is 0.0639. The Labute approximate surface area is 220 Å². The molecule has 6 rings (SSSR count). The third-order valence-electron chi connectivity index (χ3n) is 5.64. The number of fused-ring (bicyclic) bond motifs is 2. The number of imide groups is 1. The summed E-state index contributed by atoms with van der Waals surface area (Å²) in [6.07, 6.45) is 0. The van der Waals surface area contributed by atoms with Crippen LogP contribution in [-0.2, 0) is 4.74 Å². The molecule has 0 bridgehead atoms. The van der Waals surface area contributed by atoms with E-state index in [-0.39, 0.29) is 23.2 Å². The number of anilines is 1. The van der Waals surface area contributed by atoms with E-state index in [1.54, 1.807) is 52.7 Å². The van der Waals surface area contributed by atoms with Crippen LogP contribution in [0.15, 0.2) is 53.6 Å². The maximum absolute atomic E-state index is 13.1. The highest BCUT2D eigenvalue weighted by molar-refractivity contribution is 8.29. The number of amides is 2. The molecular weight excluding hydrogens is 551 g/mol. The molecule has 34 heavy (non-hydrogen) atoms. The van der Waals surface area contributed by atoms with E-state index in [4.69, 9.17) is 17.0 Å². The Kier molecular flexibility index (Phi) is 6.12. The summed E-state index contributed by atoms with van der Waals surface area (Å²) in [7, 11) is 2.52. The van der Waals surface area contributed by atoms with Gasteiger partial charge in [-0.2, -0.15) is 0 Å². The van der Waals surface area contributed by atoms with Crippen molar-refractivity contribution in [2.45, 2.75) is 4.21 Å². The summed E-state index contributed by atoms with van der Waals surface area (Å²) in [4.78, 5) is 44.3. The molecule has 0 unspecified atom stereocenters. The fourth-order valence-electron chi connectivity index (χ4n) is 4.00. The summed E-state index contributed by atoms with van der Waals surface area (Å²) in [5.41, 5.74) is 1.97. The number of ether oxygens (including phenoxy) is 1. The van der Waals surface area contributed by atoms with E-state index in [9.17, 15) is 14.4 Å². The molecule has 0 radical (unpaired) electrons. The largest absolute Gasteiger partial charge is 0.378 e. The van der Waals surface area contributed by atoms with Crippen LogP contribution in [0.25, 0.3) is 0 Å². The van der Waals surface area contributed by atoms with Gasteiger partial charge in [-0.3, -0.25) is 19.3 Å². The molecule has 0 N–H and O–H groups in total. The molecule has 2 amide bonds. The van der Waals surface area contributed by atoms with Crippen LogP contribution in [0.1, 0.15) is 20.7 Å². The number of morpholine rings is 1. The minimum Gasteiger partial charge on any atom is -0.378 e. The molecule has 0 saturated carbocycles. The number of thioether (sulfide) groups is 3. The van der Waals surface area contributed by atoms with Crippen molar-refractivity contribution >= 4 is 89.9 Å². The van der Waals surface area contributed by atoms with Crippen molar-refractivity contribution in [2.24, 2.45) is 0 Å². The summed E-state index contributed by atoms with van der Waals surface area (Å²) in [5, 5.41) is 3.21. The zero-order valence-electron chi connectivity index (χ0n) is 17.3. The number of hydrogen-bond acceptors (Lipinski definition) is 12. The number of rotatable bonds is 3. The number of benzene rings is 1. The summed E-state index contributed by atoms with van der Waals surface area (Å²) in [6, 6.07) is 6.80. The van der Waals surface area contributed by atoms with Crippen molar-refractivity contribution in [2.75, 3.05) is 37.9 Å². The lowest BCUT2D eigenvalue weighted by atomic mass is 10.1. The highest BCUT2D eigenvalue weighted by Crippen LogP contribution is 2.52. The molecule has 1 fully saturated rings. The SMILES string of the molecule is O=C1c2ccccc2C(=O)N1CN1/C(=C2/SC=C(N3CCOCC3)S2)C(=S)Sc2ssc(=O)c21. The highest BCUT2D eigenvalue weighted by Gasteiger charge is 2.41. The van der Waals surface area contributed by atoms with Crippen LogP contribution in [0.2, 0.25) is 0 Å². The molecule has 0 aliphatic carbocycles. The molecular formula is C21H15N3O4S6. The monoisotopic (exact) mass is 565 g/mol. The quantitative estimate of drug-likeness (QED) is 0.231. The van der Waals surface area contributed by atoms with Gasteiger partial charge in [0.2, 0.25) is 0 Å². The van der Waals surface area contributed by atoms with Crippen LogP contribution in [0.4, 0.5) is 5.69 Å². The summed E-state index contributed by atoms with van der Waals surface area (Å²) in [6.45, 7) is 2.95. The molecule has 1 aromatic carbocycles. The van der Waals surface area contributed by atoms with E-state index in [0.29, 0.717) is 39.9 Å². The second-order valence-electron chi connectivity index (χ2n) is 7.54. The fourth-order valence-corrected chi connectivity index (χ4v) is 10.9. The van der Waals surface area contributed by atoms with E-state index >= 15 is 0 Å². The standard InChI is InChI=1S/C21H15N3O4S6/c25-16-11-3-1-2-4-12(11)17(26)24(16)10-23-14-18(27)33-34-21(14)32-19(29)15(23)20-30-9-13(31-20)22-5-7-28-8-6-22/h1-4,9H,5-8,10H2/b20-15-. The van der Waals surface area contributed by atoms with Crippen molar-refractivity contribution in [1.29, 1.82) is 0 Å². The van der Waals surface area contributed by atoms with Gasteiger partial charge < -0.3 is 14.5 Å². The van der Waals surface area contributed by atoms with Gasteiger partial charge in [0, 0.05) is 18.5 Å². The topological polar surface area (TPSA) is 70.2 Å². The van der Waals surface area contributed by atoms with Crippen molar-refractivity contribution in [3.63, 3.8) is 0 Å². The van der Waals surface area contributed by atoms with Crippen molar-refractivity contribution in [1.82, 2.24) is 9.80 Å². The molecule has 5 heterocycles. The Morgan fingerprint density at radius 3 is 2.35 bits per heavy atom. The zero-order valence-corrected chi connectivity index (χ0v) is 22.2.